The lowest BCUT2D eigenvalue weighted by molar-refractivity contribution is -0.385. The van der Waals surface area contributed by atoms with Gasteiger partial charge >= 0.3 is 0 Å². The van der Waals surface area contributed by atoms with Crippen molar-refractivity contribution in [3.05, 3.63) is 39.4 Å². The van der Waals surface area contributed by atoms with Crippen LogP contribution in [0.2, 0.25) is 0 Å². The molecule has 1 aliphatic heterocycles. The topological polar surface area (TPSA) is 93.5 Å². The Morgan fingerprint density at radius 3 is 2.95 bits per heavy atom. The molecule has 1 saturated heterocycles. The number of nitrogens with zero attached hydrogens (tertiary/aromatic N) is 1. The zero-order chi connectivity index (χ0) is 14.5. The monoisotopic (exact) mass is 315 g/mol. The van der Waals surface area contributed by atoms with Crippen LogP contribution in [-0.2, 0) is 16.1 Å². The lowest BCUT2D eigenvalue weighted by atomic mass is 10.1. The number of nitrogens with one attached hydrogen (secondary N) is 2. The van der Waals surface area contributed by atoms with Crippen LogP contribution in [0.1, 0.15) is 11.1 Å². The maximum Gasteiger partial charge on any atom is 0.272 e. The number of hydrogen-bond donors (Lipinski definition) is 2. The molecule has 21 heavy (non-hydrogen) atoms. The van der Waals surface area contributed by atoms with Crippen molar-refractivity contribution < 1.29 is 14.5 Å². The minimum atomic E-state index is -0.419. The SMILES string of the molecule is Cc1c(CNC(=O)C2COCCN2)cccc1[N+](=O)[O-].Cl. The zero-order valence-electron chi connectivity index (χ0n) is 11.6. The third-order valence-corrected chi connectivity index (χ3v) is 3.31. The Balaban J connectivity index is 0.00000220. The maximum absolute atomic E-state index is 11.9. The van der Waals surface area contributed by atoms with Gasteiger partial charge in [0.2, 0.25) is 5.91 Å². The number of benzene rings is 1. The highest BCUT2D eigenvalue weighted by Crippen LogP contribution is 2.20. The third kappa shape index (κ3) is 4.38. The smallest absolute Gasteiger partial charge is 0.272 e. The zero-order valence-corrected chi connectivity index (χ0v) is 12.4. The molecule has 1 unspecified atom stereocenters. The fourth-order valence-corrected chi connectivity index (χ4v) is 2.10. The molecule has 1 aromatic rings. The van der Waals surface area contributed by atoms with E-state index in [2.05, 4.69) is 10.6 Å². The van der Waals surface area contributed by atoms with Crippen molar-refractivity contribution in [3.8, 4) is 0 Å². The van der Waals surface area contributed by atoms with Crippen LogP contribution in [0.15, 0.2) is 18.2 Å². The first-order valence-electron chi connectivity index (χ1n) is 6.41. The summed E-state index contributed by atoms with van der Waals surface area (Å²) >= 11 is 0. The largest absolute Gasteiger partial charge is 0.378 e. The lowest BCUT2D eigenvalue weighted by Gasteiger charge is -2.23. The fourth-order valence-electron chi connectivity index (χ4n) is 2.10. The molecule has 2 N–H and O–H groups in total. The molecular formula is C13H18ClN3O4. The molecule has 7 nitrogen and oxygen atoms in total. The Morgan fingerprint density at radius 2 is 2.33 bits per heavy atom. The second kappa shape index (κ2) is 7.92. The normalized spacial score (nSPS) is 17.7. The van der Waals surface area contributed by atoms with Crippen LogP contribution >= 0.6 is 12.4 Å². The van der Waals surface area contributed by atoms with E-state index in [1.807, 2.05) is 0 Å². The summed E-state index contributed by atoms with van der Waals surface area (Å²) in [5, 5.41) is 16.7. The molecule has 0 radical (unpaired) electrons. The van der Waals surface area contributed by atoms with Crippen LogP contribution in [0.5, 0.6) is 0 Å². The van der Waals surface area contributed by atoms with Crippen molar-refractivity contribution in [1.82, 2.24) is 10.6 Å². The van der Waals surface area contributed by atoms with Gasteiger partial charge in [0, 0.05) is 24.7 Å². The number of morpholine rings is 1. The molecule has 0 aliphatic carbocycles. The molecule has 1 heterocycles. The minimum absolute atomic E-state index is 0. The lowest BCUT2D eigenvalue weighted by Crippen LogP contribution is -2.51. The van der Waals surface area contributed by atoms with E-state index >= 15 is 0 Å². The molecule has 2 rings (SSSR count). The Kier molecular flexibility index (Phi) is 6.54. The van der Waals surface area contributed by atoms with Crippen LogP contribution in [0.4, 0.5) is 5.69 Å². The van der Waals surface area contributed by atoms with Gasteiger partial charge in [-0.15, -0.1) is 12.4 Å². The number of ether oxygens (including phenoxy) is 1. The van der Waals surface area contributed by atoms with Crippen LogP contribution in [-0.4, -0.2) is 36.6 Å². The highest BCUT2D eigenvalue weighted by atomic mass is 35.5. The third-order valence-electron chi connectivity index (χ3n) is 3.31. The van der Waals surface area contributed by atoms with E-state index in [0.717, 1.165) is 5.56 Å². The predicted molar refractivity (Wildman–Crippen MR) is 79.5 cm³/mol. The van der Waals surface area contributed by atoms with E-state index in [0.29, 0.717) is 25.3 Å². The summed E-state index contributed by atoms with van der Waals surface area (Å²) in [5.41, 5.74) is 1.38. The van der Waals surface area contributed by atoms with Crippen molar-refractivity contribution in [1.29, 1.82) is 0 Å². The number of nitro benzene ring substituents is 1. The number of amides is 1. The van der Waals surface area contributed by atoms with E-state index in [-0.39, 0.29) is 36.6 Å². The molecule has 8 heteroatoms. The predicted octanol–water partition coefficient (Wildman–Crippen LogP) is 0.930. The molecule has 0 bridgehead atoms. The van der Waals surface area contributed by atoms with Crippen molar-refractivity contribution in [2.45, 2.75) is 19.5 Å². The summed E-state index contributed by atoms with van der Waals surface area (Å²) in [6, 6.07) is 4.49. The van der Waals surface area contributed by atoms with Gasteiger partial charge in [-0.1, -0.05) is 12.1 Å². The second-order valence-corrected chi connectivity index (χ2v) is 4.62. The Labute approximate surface area is 128 Å². The number of hydrogen-bond acceptors (Lipinski definition) is 5. The summed E-state index contributed by atoms with van der Waals surface area (Å²) in [6.45, 7) is 3.55. The first kappa shape index (κ1) is 17.4. The Hall–Kier alpha value is -1.70. The minimum Gasteiger partial charge on any atom is -0.378 e. The van der Waals surface area contributed by atoms with Gasteiger partial charge in [-0.3, -0.25) is 14.9 Å². The van der Waals surface area contributed by atoms with Gasteiger partial charge in [0.25, 0.3) is 5.69 Å². The molecule has 1 aromatic carbocycles. The summed E-state index contributed by atoms with van der Waals surface area (Å²) in [4.78, 5) is 22.3. The molecule has 116 valence electrons. The van der Waals surface area contributed by atoms with Gasteiger partial charge in [0.15, 0.2) is 0 Å². The van der Waals surface area contributed by atoms with Crippen molar-refractivity contribution in [2.24, 2.45) is 0 Å². The second-order valence-electron chi connectivity index (χ2n) is 4.62. The Bertz CT molecular complexity index is 518. The Morgan fingerprint density at radius 1 is 1.57 bits per heavy atom. The molecular weight excluding hydrogens is 298 g/mol. The van der Waals surface area contributed by atoms with Crippen LogP contribution in [0.3, 0.4) is 0 Å². The van der Waals surface area contributed by atoms with E-state index < -0.39 is 4.92 Å². The molecule has 1 amide bonds. The van der Waals surface area contributed by atoms with E-state index in [4.69, 9.17) is 4.74 Å². The highest BCUT2D eigenvalue weighted by molar-refractivity contribution is 5.85. The van der Waals surface area contributed by atoms with Gasteiger partial charge < -0.3 is 15.4 Å². The van der Waals surface area contributed by atoms with Gasteiger partial charge in [-0.2, -0.15) is 0 Å². The van der Waals surface area contributed by atoms with E-state index in [1.165, 1.54) is 6.07 Å². The summed E-state index contributed by atoms with van der Waals surface area (Å²) < 4.78 is 5.22. The average molecular weight is 316 g/mol. The first-order chi connectivity index (χ1) is 9.59. The van der Waals surface area contributed by atoms with Gasteiger partial charge in [0.1, 0.15) is 6.04 Å². The van der Waals surface area contributed by atoms with Gasteiger partial charge in [0.05, 0.1) is 18.1 Å². The molecule has 1 aliphatic rings. The number of nitro groups is 1. The van der Waals surface area contributed by atoms with Gasteiger partial charge in [-0.05, 0) is 12.5 Å². The van der Waals surface area contributed by atoms with E-state index in [9.17, 15) is 14.9 Å². The van der Waals surface area contributed by atoms with Crippen molar-refractivity contribution in [2.75, 3.05) is 19.8 Å². The number of carbonyl (C=O) groups excluding carboxylic acids is 1. The fraction of sp³-hybridized carbons (Fsp3) is 0.462. The van der Waals surface area contributed by atoms with Crippen molar-refractivity contribution >= 4 is 24.0 Å². The van der Waals surface area contributed by atoms with Gasteiger partial charge in [-0.25, -0.2) is 0 Å². The number of rotatable bonds is 4. The number of halogens is 1. The molecule has 1 fully saturated rings. The maximum atomic E-state index is 11.9. The summed E-state index contributed by atoms with van der Waals surface area (Å²) in [6.07, 6.45) is 0. The van der Waals surface area contributed by atoms with E-state index in [1.54, 1.807) is 19.1 Å². The van der Waals surface area contributed by atoms with Crippen molar-refractivity contribution in [3.63, 3.8) is 0 Å². The standard InChI is InChI=1S/C13H17N3O4.ClH/c1-9-10(3-2-4-12(9)16(18)19)7-15-13(17)11-8-20-6-5-14-11;/h2-4,11,14H,5-8H2,1H3,(H,15,17);1H. The average Bonchev–Trinajstić information content (AvgIpc) is 2.46. The summed E-state index contributed by atoms with van der Waals surface area (Å²) in [5.74, 6) is -0.157. The molecule has 0 saturated carbocycles. The molecule has 1 atom stereocenters. The van der Waals surface area contributed by atoms with Crippen LogP contribution in [0.25, 0.3) is 0 Å². The van der Waals surface area contributed by atoms with Crippen LogP contribution in [0, 0.1) is 17.0 Å². The molecule has 0 spiro atoms. The molecule has 0 aromatic heterocycles. The van der Waals surface area contributed by atoms with Crippen LogP contribution < -0.4 is 10.6 Å². The highest BCUT2D eigenvalue weighted by Gasteiger charge is 2.21. The summed E-state index contributed by atoms with van der Waals surface area (Å²) in [7, 11) is 0. The quantitative estimate of drug-likeness (QED) is 0.637. The number of carbonyl (C=O) groups is 1. The first-order valence-corrected chi connectivity index (χ1v) is 6.41.